The molecule has 4 fully saturated rings. The van der Waals surface area contributed by atoms with E-state index in [9.17, 15) is 37.6 Å². The van der Waals surface area contributed by atoms with Crippen LogP contribution in [0.5, 0.6) is 5.75 Å². The zero-order chi connectivity index (χ0) is 42.1. The minimum Gasteiger partial charge on any atom is -0.493 e. The molecule has 7 rings (SSSR count). The molecule has 13 nitrogen and oxygen atoms in total. The fourth-order valence-corrected chi connectivity index (χ4v) is 9.08. The highest BCUT2D eigenvalue weighted by molar-refractivity contribution is 7.81. The summed E-state index contributed by atoms with van der Waals surface area (Å²) in [5.74, 6) is 0.0221. The monoisotopic (exact) mass is 832 g/mol. The van der Waals surface area contributed by atoms with Crippen LogP contribution in [0.1, 0.15) is 82.0 Å². The molecule has 0 radical (unpaired) electrons. The van der Waals surface area contributed by atoms with Crippen molar-refractivity contribution < 1.29 is 37.1 Å². The van der Waals surface area contributed by atoms with Gasteiger partial charge in [0.25, 0.3) is 5.91 Å². The number of piperidine rings is 2. The molecule has 59 heavy (non-hydrogen) atoms. The summed E-state index contributed by atoms with van der Waals surface area (Å²) in [5.41, 5.74) is -0.976. The topological polar surface area (TPSA) is 160 Å². The van der Waals surface area contributed by atoms with Gasteiger partial charge in [-0.05, 0) is 125 Å². The van der Waals surface area contributed by atoms with E-state index in [-0.39, 0.29) is 41.8 Å². The van der Waals surface area contributed by atoms with Crippen LogP contribution in [0.3, 0.4) is 0 Å². The van der Waals surface area contributed by atoms with Crippen LogP contribution in [0, 0.1) is 17.2 Å². The van der Waals surface area contributed by atoms with Gasteiger partial charge in [0.05, 0.1) is 30.1 Å². The standard InChI is InChI=1S/C42H47F3N8O5S/c1-3-27-20-30(53-40(59)52(39(57)41(53)15-5-16-41)31-22-32(42(43,44)45)34(23-46)47-24-31)8-10-35(27)58-19-14-26-12-17-51(18-13-26)25(2)37(55)49-29-7-4-6-28(21-29)48-33-9-11-36(54)50-38(33)56/h4,6-8,10,20-22,24-26,33,40,48,59H,3,5,9,11-19H2,1-2H3,(H,49,55)(H,50,54,56)/t25-,33-,40+/m0/s1. The Bertz CT molecular complexity index is 2150. The van der Waals surface area contributed by atoms with Crippen molar-refractivity contribution in [1.29, 1.82) is 5.26 Å². The normalized spacial score (nSPS) is 21.5. The summed E-state index contributed by atoms with van der Waals surface area (Å²) in [6.45, 7) is 5.93. The smallest absolute Gasteiger partial charge is 0.419 e. The first-order valence-corrected chi connectivity index (χ1v) is 20.5. The van der Waals surface area contributed by atoms with Gasteiger partial charge in [0.2, 0.25) is 17.7 Å². The molecule has 4 heterocycles. The van der Waals surface area contributed by atoms with Crippen LogP contribution in [-0.2, 0) is 31.8 Å². The highest BCUT2D eigenvalue weighted by Gasteiger charge is 2.60. The molecule has 2 aromatic carbocycles. The molecular weight excluding hydrogens is 786 g/mol. The lowest BCUT2D eigenvalue weighted by atomic mass is 9.75. The number of nitrogens with zero attached hydrogens (tertiary/aromatic N) is 5. The molecule has 3 aromatic rings. The Kier molecular flexibility index (Phi) is 12.1. The van der Waals surface area contributed by atoms with Gasteiger partial charge >= 0.3 is 6.18 Å². The van der Waals surface area contributed by atoms with E-state index in [1.807, 2.05) is 43.0 Å². The highest BCUT2D eigenvalue weighted by Crippen LogP contribution is 2.51. The van der Waals surface area contributed by atoms with E-state index in [1.165, 1.54) is 11.0 Å². The number of amides is 4. The van der Waals surface area contributed by atoms with Crippen molar-refractivity contribution in [3.05, 3.63) is 71.5 Å². The number of thiol groups is 1. The summed E-state index contributed by atoms with van der Waals surface area (Å²) >= 11 is 4.79. The van der Waals surface area contributed by atoms with E-state index in [1.54, 1.807) is 18.2 Å². The minimum atomic E-state index is -4.82. The molecular formula is C42H47F3N8O5S. The van der Waals surface area contributed by atoms with Crippen molar-refractivity contribution in [2.45, 2.75) is 101 Å². The number of nitriles is 1. The zero-order valence-corrected chi connectivity index (χ0v) is 33.7. The van der Waals surface area contributed by atoms with Gasteiger partial charge < -0.3 is 20.3 Å². The van der Waals surface area contributed by atoms with Gasteiger partial charge in [0, 0.05) is 23.5 Å². The number of hydrogen-bond donors (Lipinski definition) is 4. The number of nitrogens with one attached hydrogen (secondary N) is 3. The summed E-state index contributed by atoms with van der Waals surface area (Å²) in [6.07, 6.45) is 2.10. The Labute approximate surface area is 346 Å². The molecule has 17 heteroatoms. The second-order valence-electron chi connectivity index (χ2n) is 15.6. The molecule has 0 unspecified atom stereocenters. The lowest BCUT2D eigenvalue weighted by Gasteiger charge is -2.44. The number of benzene rings is 2. The number of pyridine rings is 1. The Hall–Kier alpha value is -5.34. The molecule has 1 spiro atoms. The minimum absolute atomic E-state index is 0.0711. The Balaban J connectivity index is 0.921. The van der Waals surface area contributed by atoms with E-state index in [4.69, 9.17) is 17.4 Å². The van der Waals surface area contributed by atoms with Crippen LogP contribution >= 0.6 is 12.6 Å². The third kappa shape index (κ3) is 8.56. The number of halogens is 3. The third-order valence-electron chi connectivity index (χ3n) is 12.1. The van der Waals surface area contributed by atoms with Crippen LogP contribution in [0.25, 0.3) is 0 Å². The number of imide groups is 1. The maximum absolute atomic E-state index is 14.0. The van der Waals surface area contributed by atoms with Crippen LogP contribution in [-0.4, -0.2) is 76.3 Å². The summed E-state index contributed by atoms with van der Waals surface area (Å²) in [7, 11) is 0. The van der Waals surface area contributed by atoms with Gasteiger partial charge in [-0.2, -0.15) is 18.4 Å². The Morgan fingerprint density at radius 3 is 2.49 bits per heavy atom. The summed E-state index contributed by atoms with van der Waals surface area (Å²) < 4.78 is 47.8. The van der Waals surface area contributed by atoms with E-state index < -0.39 is 34.5 Å². The molecule has 312 valence electrons. The third-order valence-corrected chi connectivity index (χ3v) is 12.5. The molecule has 4 amide bonds. The molecule has 3 aliphatic heterocycles. The van der Waals surface area contributed by atoms with E-state index >= 15 is 0 Å². The van der Waals surface area contributed by atoms with Crippen LogP contribution < -0.4 is 30.5 Å². The number of carbonyl (C=O) groups is 4. The summed E-state index contributed by atoms with van der Waals surface area (Å²) in [6, 6.07) is 14.3. The number of hydrogen-bond acceptors (Lipinski definition) is 11. The SMILES string of the molecule is CCc1cc(N2[C@H](S)N(c3cnc(C#N)c(C(F)(F)F)c3)C(=O)C23CCC3)ccc1OCCC1CCN([C@@H](C)C(=O)Nc2cccc(N[C@H]3CCC(=O)NC3=O)c2)CC1. The van der Waals surface area contributed by atoms with Crippen molar-refractivity contribution in [2.24, 2.45) is 5.92 Å². The fraction of sp³-hybridized carbons (Fsp3) is 0.476. The van der Waals surface area contributed by atoms with Crippen LogP contribution in [0.2, 0.25) is 0 Å². The fourth-order valence-electron chi connectivity index (χ4n) is 8.49. The van der Waals surface area contributed by atoms with Crippen LogP contribution in [0.4, 0.5) is 35.9 Å². The first kappa shape index (κ1) is 41.8. The first-order valence-electron chi connectivity index (χ1n) is 20.0. The second kappa shape index (κ2) is 17.1. The molecule has 4 aliphatic rings. The maximum atomic E-state index is 14.0. The Morgan fingerprint density at radius 1 is 1.08 bits per heavy atom. The Morgan fingerprint density at radius 2 is 1.83 bits per heavy atom. The second-order valence-corrected chi connectivity index (χ2v) is 16.1. The molecule has 0 bridgehead atoms. The van der Waals surface area contributed by atoms with Crippen molar-refractivity contribution in [3.8, 4) is 11.8 Å². The van der Waals surface area contributed by atoms with Crippen molar-refractivity contribution in [2.75, 3.05) is 40.1 Å². The number of anilines is 4. The number of likely N-dealkylation sites (tertiary alicyclic amines) is 1. The molecule has 3 N–H and O–H groups in total. The predicted octanol–water partition coefficient (Wildman–Crippen LogP) is 6.25. The zero-order valence-electron chi connectivity index (χ0n) is 32.8. The predicted molar refractivity (Wildman–Crippen MR) is 218 cm³/mol. The van der Waals surface area contributed by atoms with E-state index in [0.29, 0.717) is 55.3 Å². The van der Waals surface area contributed by atoms with E-state index in [2.05, 4.69) is 25.8 Å². The lowest BCUT2D eigenvalue weighted by molar-refractivity contribution is -0.138. The number of ether oxygens (including phenoxy) is 1. The average molecular weight is 833 g/mol. The van der Waals surface area contributed by atoms with Gasteiger partial charge in [0.1, 0.15) is 23.4 Å². The summed E-state index contributed by atoms with van der Waals surface area (Å²) in [5, 5.41) is 17.7. The first-order chi connectivity index (χ1) is 28.2. The van der Waals surface area contributed by atoms with Gasteiger partial charge in [0.15, 0.2) is 11.2 Å². The van der Waals surface area contributed by atoms with E-state index in [0.717, 1.165) is 62.3 Å². The quantitative estimate of drug-likeness (QED) is 0.121. The van der Waals surface area contributed by atoms with Gasteiger partial charge in [-0.3, -0.25) is 34.3 Å². The van der Waals surface area contributed by atoms with Crippen LogP contribution in [0.15, 0.2) is 54.7 Å². The molecule has 1 aromatic heterocycles. The van der Waals surface area contributed by atoms with Crippen molar-refractivity contribution >= 4 is 59.0 Å². The number of alkyl halides is 3. The average Bonchev–Trinajstić information content (AvgIpc) is 3.44. The molecule has 1 aliphatic carbocycles. The lowest BCUT2D eigenvalue weighted by Crippen LogP contribution is -2.55. The van der Waals surface area contributed by atoms with Gasteiger partial charge in [-0.1, -0.05) is 13.0 Å². The molecule has 3 saturated heterocycles. The van der Waals surface area contributed by atoms with Crippen molar-refractivity contribution in [1.82, 2.24) is 15.2 Å². The number of rotatable bonds is 12. The van der Waals surface area contributed by atoms with Crippen molar-refractivity contribution in [3.63, 3.8) is 0 Å². The molecule has 1 saturated carbocycles. The largest absolute Gasteiger partial charge is 0.493 e. The van der Waals surface area contributed by atoms with Gasteiger partial charge in [-0.15, -0.1) is 12.6 Å². The molecule has 3 atom stereocenters. The summed E-state index contributed by atoms with van der Waals surface area (Å²) in [4.78, 5) is 59.9. The number of aryl methyl sites for hydroxylation is 1. The van der Waals surface area contributed by atoms with Gasteiger partial charge in [-0.25, -0.2) is 4.98 Å². The number of carbonyl (C=O) groups excluding carboxylic acids is 4. The number of aromatic nitrogens is 1. The maximum Gasteiger partial charge on any atom is 0.419 e. The highest BCUT2D eigenvalue weighted by atomic mass is 32.1.